The second kappa shape index (κ2) is 42.7. The van der Waals surface area contributed by atoms with Gasteiger partial charge < -0.3 is 33.2 Å². The first-order chi connectivity index (χ1) is 63.9. The molecule has 4 aromatic heterocycles. The van der Waals surface area contributed by atoms with E-state index >= 15 is 0 Å². The van der Waals surface area contributed by atoms with Crippen LogP contribution in [0.3, 0.4) is 0 Å². The van der Waals surface area contributed by atoms with Gasteiger partial charge in [-0.3, -0.25) is 19.9 Å². The lowest BCUT2D eigenvalue weighted by atomic mass is 9.66. The van der Waals surface area contributed by atoms with Crippen molar-refractivity contribution >= 4 is 5.57 Å². The average Bonchev–Trinajstić information content (AvgIpc) is 1.00. The molecular formula is C117H148N6O7. The minimum atomic E-state index is -0.488. The van der Waals surface area contributed by atoms with E-state index in [1.807, 2.05) is 43.0 Å². The molecule has 13 aliphatic rings. The molecule has 688 valence electrons. The van der Waals surface area contributed by atoms with Gasteiger partial charge in [-0.1, -0.05) is 205 Å². The zero-order valence-electron chi connectivity index (χ0n) is 78.5. The summed E-state index contributed by atoms with van der Waals surface area (Å²) in [5, 5.41) is 18.4. The van der Waals surface area contributed by atoms with Crippen molar-refractivity contribution in [3.05, 3.63) is 268 Å². The number of hydrogen-bond donors (Lipinski definition) is 0. The summed E-state index contributed by atoms with van der Waals surface area (Å²) in [5.74, 6) is 2.39. The van der Waals surface area contributed by atoms with E-state index in [4.69, 9.17) is 53.1 Å². The van der Waals surface area contributed by atoms with Gasteiger partial charge in [0.1, 0.15) is 0 Å². The quantitative estimate of drug-likeness (QED) is 0.0526. The standard InChI is InChI=1S/C30H41NO2.C29H36N2O.C29H34N2O.C29H37NO3/c1-2-21-32-27-15-14-24(25-11-3-4-12-26(25)27)10-9-16-29(28-13-5-8-20-31-28)19-22-33-30(23-29)17-6-7-18-30;2*30-19-14-24-13-12-23(25-9-1-2-10-26(24)25)8-7-15-28(27-11-3-6-20-31-27)18-21-32-29(22-28)16-4-5-17-29;1-2-10-25-24(9-1)23(12-16-29(25)32-20-21-33-29)8-7-13-27(26-11-3-6-18-30-26)17-19-31-28(22-27)14-4-5-15-28/h3-5,8,11-13,20,24,27H,2,6-7,9-10,14-19,21-23H2,1H3;1-3,6,9-11,20,23-24H,4-5,7-8,12-18,21-22H2;1-3,6,9-11,14,20,23H,4-5,7-8,12-13,15-18,21-22H2;1-3,6,9-11,18,23H,4-5,7-8,12-17,19-22H2/b;;24-14+;/t24-,27-,29+;23-,24?,28+;23-,28+;23?,27-/m0001/s1. The number of benzene rings is 4. The van der Waals surface area contributed by atoms with Gasteiger partial charge in [0.15, 0.2) is 5.79 Å². The molecule has 21 rings (SSSR count). The van der Waals surface area contributed by atoms with Crippen LogP contribution in [-0.4, -0.2) is 88.6 Å². The molecule has 0 radical (unpaired) electrons. The van der Waals surface area contributed by atoms with E-state index in [1.165, 1.54) is 265 Å². The molecule has 13 heteroatoms. The molecule has 0 bridgehead atoms. The molecule has 8 aromatic rings. The Kier molecular flexibility index (Phi) is 30.3. The first-order valence-corrected chi connectivity index (χ1v) is 51.9. The number of rotatable bonds is 24. The van der Waals surface area contributed by atoms with Gasteiger partial charge >= 0.3 is 0 Å². The van der Waals surface area contributed by atoms with Gasteiger partial charge in [0.25, 0.3) is 0 Å². The molecule has 9 heterocycles. The minimum Gasteiger partial charge on any atom is -0.375 e. The molecule has 2 unspecified atom stereocenters. The summed E-state index contributed by atoms with van der Waals surface area (Å²) in [6, 6.07) is 66.1. The lowest BCUT2D eigenvalue weighted by Crippen LogP contribution is -2.46. The second-order valence-electron chi connectivity index (χ2n) is 42.3. The molecule has 0 N–H and O–H groups in total. The zero-order valence-corrected chi connectivity index (χ0v) is 78.5. The van der Waals surface area contributed by atoms with Crippen molar-refractivity contribution in [2.75, 3.05) is 46.2 Å². The Hall–Kier alpha value is -8.08. The van der Waals surface area contributed by atoms with Gasteiger partial charge in [0, 0.05) is 127 Å². The molecule has 130 heavy (non-hydrogen) atoms. The van der Waals surface area contributed by atoms with Crippen molar-refractivity contribution in [3.63, 3.8) is 0 Å². The summed E-state index contributed by atoms with van der Waals surface area (Å²) in [5.41, 5.74) is 18.7. The highest BCUT2D eigenvalue weighted by Gasteiger charge is 2.54. The summed E-state index contributed by atoms with van der Waals surface area (Å²) in [7, 11) is 0. The van der Waals surface area contributed by atoms with E-state index in [0.29, 0.717) is 49.2 Å². The van der Waals surface area contributed by atoms with E-state index in [1.54, 1.807) is 6.08 Å². The third-order valence-corrected chi connectivity index (χ3v) is 34.6. The van der Waals surface area contributed by atoms with Crippen LogP contribution in [0.15, 0.2) is 201 Å². The SMILES string of the molecule is CCCO[C@H]1CC[C@H](CCC[C@@]2(c3ccccn3)CCOC3(CCCC3)C2)c2ccccc21.N#C/C=C1\CC[C@H](CCC[C@@]2(c3ccccn3)CCOC3(CCCC3)C2)c2ccccc21.N#CCC1CC[C@H](CCC[C@@]2(c3ccccn3)CCOC3(CCCC3)C2)c2ccccc21.c1ccc([C@]2(CCCC3CCC4(OCCO4)c4ccccc43)CCOC3(CCCC3)C2)nc1. The molecule has 9 fully saturated rings. The fourth-order valence-corrected chi connectivity index (χ4v) is 28.3. The maximum absolute atomic E-state index is 9.25. The van der Waals surface area contributed by atoms with Crippen LogP contribution in [0.1, 0.15) is 405 Å². The average molecular weight is 1750 g/mol. The normalized spacial score (nSPS) is 28.8. The Bertz CT molecular complexity index is 5040. The highest BCUT2D eigenvalue weighted by Crippen LogP contribution is 2.58. The molecule has 4 aromatic carbocycles. The summed E-state index contributed by atoms with van der Waals surface area (Å²) in [6.45, 7) is 7.97. The van der Waals surface area contributed by atoms with Crippen LogP contribution in [0.5, 0.6) is 0 Å². The number of aromatic nitrogens is 4. The molecule has 5 spiro atoms. The van der Waals surface area contributed by atoms with Crippen molar-refractivity contribution in [2.24, 2.45) is 0 Å². The molecule has 10 atom stereocenters. The molecule has 5 aliphatic heterocycles. The van der Waals surface area contributed by atoms with Crippen LogP contribution < -0.4 is 0 Å². The first kappa shape index (κ1) is 92.4. The number of hydrogen-bond acceptors (Lipinski definition) is 13. The van der Waals surface area contributed by atoms with Crippen LogP contribution >= 0.6 is 0 Å². The maximum Gasteiger partial charge on any atom is 0.195 e. The zero-order chi connectivity index (χ0) is 88.5. The Labute approximate surface area is 778 Å². The van der Waals surface area contributed by atoms with Crippen molar-refractivity contribution in [3.8, 4) is 12.1 Å². The maximum atomic E-state index is 9.25. The number of fused-ring (bicyclic) bond motifs is 5. The van der Waals surface area contributed by atoms with Crippen LogP contribution in [0.4, 0.5) is 0 Å². The number of nitriles is 2. The Morgan fingerprint density at radius 1 is 0.354 bits per heavy atom. The van der Waals surface area contributed by atoms with Crippen molar-refractivity contribution in [1.29, 1.82) is 10.5 Å². The van der Waals surface area contributed by atoms with Gasteiger partial charge in [-0.25, -0.2) is 0 Å². The summed E-state index contributed by atoms with van der Waals surface area (Å²) in [4.78, 5) is 19.5. The van der Waals surface area contributed by atoms with E-state index < -0.39 is 5.79 Å². The molecule has 13 nitrogen and oxygen atoms in total. The van der Waals surface area contributed by atoms with E-state index in [2.05, 4.69) is 171 Å². The van der Waals surface area contributed by atoms with Gasteiger partial charge in [0.2, 0.25) is 0 Å². The molecular weight excluding hydrogens is 1600 g/mol. The molecule has 5 saturated heterocycles. The molecule has 0 amide bonds. The van der Waals surface area contributed by atoms with Crippen LogP contribution in [0.25, 0.3) is 5.57 Å². The monoisotopic (exact) mass is 1750 g/mol. The lowest BCUT2D eigenvalue weighted by Gasteiger charge is -2.46. The fraction of sp³-hybridized carbons (Fsp3) is 0.590. The number of nitrogens with zero attached hydrogens (tertiary/aromatic N) is 6. The number of pyridine rings is 4. The first-order valence-electron chi connectivity index (χ1n) is 51.9. The second-order valence-corrected chi connectivity index (χ2v) is 42.3. The minimum absolute atomic E-state index is 0.0875. The lowest BCUT2D eigenvalue weighted by molar-refractivity contribution is -0.177. The van der Waals surface area contributed by atoms with Crippen LogP contribution in [-0.2, 0) is 60.6 Å². The Balaban J connectivity index is 0.000000117. The molecule has 4 saturated carbocycles. The van der Waals surface area contributed by atoms with Crippen molar-refractivity contribution in [1.82, 2.24) is 19.9 Å². The van der Waals surface area contributed by atoms with Crippen LogP contribution in [0, 0.1) is 22.7 Å². The smallest absolute Gasteiger partial charge is 0.195 e. The predicted molar refractivity (Wildman–Crippen MR) is 517 cm³/mol. The van der Waals surface area contributed by atoms with Crippen LogP contribution in [0.2, 0.25) is 0 Å². The largest absolute Gasteiger partial charge is 0.375 e. The third kappa shape index (κ3) is 20.7. The topological polar surface area (TPSA) is 164 Å². The third-order valence-electron chi connectivity index (χ3n) is 34.6. The Morgan fingerprint density at radius 3 is 1.12 bits per heavy atom. The highest BCUT2D eigenvalue weighted by molar-refractivity contribution is 5.72. The van der Waals surface area contributed by atoms with E-state index in [9.17, 15) is 10.5 Å². The van der Waals surface area contributed by atoms with E-state index in [0.717, 1.165) is 129 Å². The highest BCUT2D eigenvalue weighted by atomic mass is 16.7. The van der Waals surface area contributed by atoms with Crippen molar-refractivity contribution in [2.45, 2.75) is 388 Å². The van der Waals surface area contributed by atoms with Gasteiger partial charge in [-0.15, -0.1) is 0 Å². The van der Waals surface area contributed by atoms with E-state index in [-0.39, 0.29) is 50.2 Å². The van der Waals surface area contributed by atoms with Crippen molar-refractivity contribution < 1.29 is 33.2 Å². The fourth-order valence-electron chi connectivity index (χ4n) is 28.3. The predicted octanol–water partition coefficient (Wildman–Crippen LogP) is 28.3. The molecule has 8 aliphatic carbocycles. The van der Waals surface area contributed by atoms with Gasteiger partial charge in [-0.05, 0) is 328 Å². The number of allylic oxidation sites excluding steroid dienone is 2. The number of ether oxygens (including phenoxy) is 7. The summed E-state index contributed by atoms with van der Waals surface area (Å²) < 4.78 is 44.2. The summed E-state index contributed by atoms with van der Waals surface area (Å²) >= 11 is 0. The van der Waals surface area contributed by atoms with Gasteiger partial charge in [0.05, 0.1) is 53.9 Å². The Morgan fingerprint density at radius 2 is 0.708 bits per heavy atom. The van der Waals surface area contributed by atoms with Gasteiger partial charge in [-0.2, -0.15) is 10.5 Å². The summed E-state index contributed by atoms with van der Waals surface area (Å²) in [6.07, 6.45) is 64.6.